The monoisotopic (exact) mass is 375 g/mol. The first-order chi connectivity index (χ1) is 13.0. The summed E-state index contributed by atoms with van der Waals surface area (Å²) < 4.78 is 15.8. The van der Waals surface area contributed by atoms with Crippen LogP contribution in [0, 0.1) is 0 Å². The highest BCUT2D eigenvalue weighted by Gasteiger charge is 2.15. The molecule has 0 aliphatic rings. The third kappa shape index (κ3) is 5.45. The molecule has 27 heavy (non-hydrogen) atoms. The Labute approximate surface area is 158 Å². The molecular formula is C18H25N5O4. The second kappa shape index (κ2) is 9.58. The van der Waals surface area contributed by atoms with E-state index in [4.69, 9.17) is 14.2 Å². The van der Waals surface area contributed by atoms with Gasteiger partial charge in [-0.05, 0) is 14.1 Å². The van der Waals surface area contributed by atoms with Crippen molar-refractivity contribution in [1.29, 1.82) is 0 Å². The molecule has 0 aliphatic heterocycles. The van der Waals surface area contributed by atoms with E-state index in [0.29, 0.717) is 28.8 Å². The Morgan fingerprint density at radius 1 is 1.04 bits per heavy atom. The van der Waals surface area contributed by atoms with Crippen molar-refractivity contribution in [3.63, 3.8) is 0 Å². The van der Waals surface area contributed by atoms with Crippen molar-refractivity contribution in [2.75, 3.05) is 59.1 Å². The van der Waals surface area contributed by atoms with Gasteiger partial charge in [0.25, 0.3) is 5.91 Å². The summed E-state index contributed by atoms with van der Waals surface area (Å²) in [6.45, 7) is 1.60. The standard InChI is InChI=1S/C18H25N5O4/c1-23(2)7-6-19-16-11-20-13(10-21-16)18(24)22-12-8-14(25-3)17(27-5)15(9-12)26-4/h8-11H,6-7H2,1-5H3,(H,19,21)(H,22,24). The SMILES string of the molecule is COc1cc(NC(=O)c2cnc(NCCN(C)C)cn2)cc(OC)c1OC. The summed E-state index contributed by atoms with van der Waals surface area (Å²) in [5, 5.41) is 5.89. The van der Waals surface area contributed by atoms with Crippen molar-refractivity contribution >= 4 is 17.4 Å². The first-order valence-corrected chi connectivity index (χ1v) is 8.30. The van der Waals surface area contributed by atoms with Gasteiger partial charge in [-0.15, -0.1) is 0 Å². The molecule has 1 aromatic heterocycles. The quantitative estimate of drug-likeness (QED) is 0.684. The lowest BCUT2D eigenvalue weighted by molar-refractivity contribution is 0.102. The fourth-order valence-corrected chi connectivity index (χ4v) is 2.29. The largest absolute Gasteiger partial charge is 0.493 e. The number of aromatic nitrogens is 2. The first kappa shape index (κ1) is 20.2. The van der Waals surface area contributed by atoms with E-state index in [2.05, 4.69) is 25.5 Å². The third-order valence-electron chi connectivity index (χ3n) is 3.67. The van der Waals surface area contributed by atoms with Crippen molar-refractivity contribution in [2.24, 2.45) is 0 Å². The van der Waals surface area contributed by atoms with Crippen LogP contribution in [0.5, 0.6) is 17.2 Å². The number of likely N-dealkylation sites (N-methyl/N-ethyl adjacent to an activating group) is 1. The Bertz CT molecular complexity index is 740. The molecule has 2 N–H and O–H groups in total. The number of anilines is 2. The average Bonchev–Trinajstić information content (AvgIpc) is 2.67. The highest BCUT2D eigenvalue weighted by atomic mass is 16.5. The third-order valence-corrected chi connectivity index (χ3v) is 3.67. The normalized spacial score (nSPS) is 10.4. The van der Waals surface area contributed by atoms with E-state index in [0.717, 1.165) is 13.1 Å². The lowest BCUT2D eigenvalue weighted by Crippen LogP contribution is -2.21. The van der Waals surface area contributed by atoms with Crippen molar-refractivity contribution in [2.45, 2.75) is 0 Å². The molecule has 0 aliphatic carbocycles. The van der Waals surface area contributed by atoms with Gasteiger partial charge in [0, 0.05) is 30.9 Å². The van der Waals surface area contributed by atoms with Crippen LogP contribution in [0.1, 0.15) is 10.5 Å². The van der Waals surface area contributed by atoms with Crippen LogP contribution in [0.15, 0.2) is 24.5 Å². The number of amides is 1. The first-order valence-electron chi connectivity index (χ1n) is 8.30. The van der Waals surface area contributed by atoms with Crippen molar-refractivity contribution in [1.82, 2.24) is 14.9 Å². The maximum atomic E-state index is 12.4. The van der Waals surface area contributed by atoms with Gasteiger partial charge in [-0.25, -0.2) is 9.97 Å². The summed E-state index contributed by atoms with van der Waals surface area (Å²) in [6, 6.07) is 3.29. The van der Waals surface area contributed by atoms with Crippen LogP contribution in [-0.2, 0) is 0 Å². The van der Waals surface area contributed by atoms with Gasteiger partial charge in [-0.3, -0.25) is 4.79 Å². The molecule has 0 fully saturated rings. The molecule has 9 nitrogen and oxygen atoms in total. The zero-order valence-electron chi connectivity index (χ0n) is 16.2. The number of nitrogens with zero attached hydrogens (tertiary/aromatic N) is 3. The molecule has 0 saturated heterocycles. The summed E-state index contributed by atoms with van der Waals surface area (Å²) in [6.07, 6.45) is 2.95. The van der Waals surface area contributed by atoms with Crippen LogP contribution in [0.3, 0.4) is 0 Å². The van der Waals surface area contributed by atoms with E-state index < -0.39 is 5.91 Å². The Balaban J connectivity index is 2.08. The molecular weight excluding hydrogens is 350 g/mol. The summed E-state index contributed by atoms with van der Waals surface area (Å²) in [5.74, 6) is 1.56. The minimum absolute atomic E-state index is 0.196. The molecule has 1 heterocycles. The van der Waals surface area contributed by atoms with E-state index in [1.54, 1.807) is 12.1 Å². The van der Waals surface area contributed by atoms with Gasteiger partial charge in [0.1, 0.15) is 11.5 Å². The van der Waals surface area contributed by atoms with Gasteiger partial charge in [0.2, 0.25) is 5.75 Å². The van der Waals surface area contributed by atoms with Crippen molar-refractivity contribution in [3.8, 4) is 17.2 Å². The summed E-state index contributed by atoms with van der Waals surface area (Å²) >= 11 is 0. The number of benzene rings is 1. The zero-order valence-corrected chi connectivity index (χ0v) is 16.2. The van der Waals surface area contributed by atoms with E-state index in [1.807, 2.05) is 14.1 Å². The van der Waals surface area contributed by atoms with Crippen LogP contribution in [0.4, 0.5) is 11.5 Å². The zero-order chi connectivity index (χ0) is 19.8. The fraction of sp³-hybridized carbons (Fsp3) is 0.389. The molecule has 0 spiro atoms. The molecule has 0 saturated carbocycles. The predicted octanol–water partition coefficient (Wildman–Crippen LogP) is 1.73. The summed E-state index contributed by atoms with van der Waals surface area (Å²) in [5.41, 5.74) is 0.686. The molecule has 2 rings (SSSR count). The second-order valence-corrected chi connectivity index (χ2v) is 5.89. The number of methoxy groups -OCH3 is 3. The van der Waals surface area contributed by atoms with E-state index in [9.17, 15) is 4.79 Å². The van der Waals surface area contributed by atoms with Crippen LogP contribution in [0.2, 0.25) is 0 Å². The summed E-state index contributed by atoms with van der Waals surface area (Å²) in [7, 11) is 8.52. The minimum atomic E-state index is -0.392. The molecule has 0 bridgehead atoms. The Hall–Kier alpha value is -3.07. The molecule has 0 unspecified atom stereocenters. The van der Waals surface area contributed by atoms with Crippen LogP contribution >= 0.6 is 0 Å². The van der Waals surface area contributed by atoms with Crippen LogP contribution in [-0.4, -0.2) is 69.3 Å². The lowest BCUT2D eigenvalue weighted by Gasteiger charge is -2.14. The molecule has 2 aromatic rings. The van der Waals surface area contributed by atoms with E-state index in [1.165, 1.54) is 33.7 Å². The number of hydrogen-bond acceptors (Lipinski definition) is 8. The van der Waals surface area contributed by atoms with Crippen LogP contribution < -0.4 is 24.8 Å². The predicted molar refractivity (Wildman–Crippen MR) is 103 cm³/mol. The van der Waals surface area contributed by atoms with Gasteiger partial charge in [-0.1, -0.05) is 0 Å². The molecule has 1 amide bonds. The van der Waals surface area contributed by atoms with Crippen molar-refractivity contribution < 1.29 is 19.0 Å². The van der Waals surface area contributed by atoms with Crippen molar-refractivity contribution in [3.05, 3.63) is 30.2 Å². The van der Waals surface area contributed by atoms with Gasteiger partial charge >= 0.3 is 0 Å². The molecule has 9 heteroatoms. The summed E-state index contributed by atoms with van der Waals surface area (Å²) in [4.78, 5) is 22.8. The Kier molecular flexibility index (Phi) is 7.18. The van der Waals surface area contributed by atoms with Gasteiger partial charge in [0.05, 0.1) is 33.7 Å². The smallest absolute Gasteiger partial charge is 0.275 e. The number of carbonyl (C=O) groups is 1. The maximum absolute atomic E-state index is 12.4. The number of hydrogen-bond donors (Lipinski definition) is 2. The van der Waals surface area contributed by atoms with Gasteiger partial charge in [0.15, 0.2) is 11.5 Å². The topological polar surface area (TPSA) is 97.8 Å². The average molecular weight is 375 g/mol. The maximum Gasteiger partial charge on any atom is 0.275 e. The highest BCUT2D eigenvalue weighted by Crippen LogP contribution is 2.39. The number of ether oxygens (including phenoxy) is 3. The second-order valence-electron chi connectivity index (χ2n) is 5.89. The Morgan fingerprint density at radius 2 is 1.70 bits per heavy atom. The van der Waals surface area contributed by atoms with Crippen LogP contribution in [0.25, 0.3) is 0 Å². The molecule has 1 aromatic carbocycles. The highest BCUT2D eigenvalue weighted by molar-refractivity contribution is 6.03. The molecule has 0 radical (unpaired) electrons. The fourth-order valence-electron chi connectivity index (χ4n) is 2.29. The van der Waals surface area contributed by atoms with Gasteiger partial charge in [-0.2, -0.15) is 0 Å². The van der Waals surface area contributed by atoms with E-state index >= 15 is 0 Å². The molecule has 146 valence electrons. The molecule has 0 atom stereocenters. The van der Waals surface area contributed by atoms with Gasteiger partial charge < -0.3 is 29.7 Å². The lowest BCUT2D eigenvalue weighted by atomic mass is 10.2. The minimum Gasteiger partial charge on any atom is -0.493 e. The number of carbonyl (C=O) groups excluding carboxylic acids is 1. The van der Waals surface area contributed by atoms with E-state index in [-0.39, 0.29) is 5.69 Å². The number of nitrogens with one attached hydrogen (secondary N) is 2. The Morgan fingerprint density at radius 3 is 2.19 bits per heavy atom. The number of rotatable bonds is 9.